The van der Waals surface area contributed by atoms with Crippen molar-refractivity contribution in [2.45, 2.75) is 13.2 Å². The second-order valence-corrected chi connectivity index (χ2v) is 4.90. The summed E-state index contributed by atoms with van der Waals surface area (Å²) in [7, 11) is 0. The number of nitrogens with zero attached hydrogens (tertiary/aromatic N) is 2. The lowest BCUT2D eigenvalue weighted by Crippen LogP contribution is -2.33. The van der Waals surface area contributed by atoms with Gasteiger partial charge in [-0.15, -0.1) is 0 Å². The van der Waals surface area contributed by atoms with Crippen molar-refractivity contribution in [2.24, 2.45) is 0 Å². The van der Waals surface area contributed by atoms with Gasteiger partial charge in [0.05, 0.1) is 18.8 Å². The van der Waals surface area contributed by atoms with E-state index in [1.807, 2.05) is 24.3 Å². The van der Waals surface area contributed by atoms with Gasteiger partial charge in [-0.25, -0.2) is 4.98 Å². The molecule has 0 unspecified atom stereocenters. The molecule has 120 valence electrons. The molecule has 0 radical (unpaired) electrons. The van der Waals surface area contributed by atoms with Crippen LogP contribution in [0.25, 0.3) is 0 Å². The van der Waals surface area contributed by atoms with Crippen LogP contribution in [0.1, 0.15) is 15.9 Å². The van der Waals surface area contributed by atoms with Crippen molar-refractivity contribution in [1.29, 1.82) is 0 Å². The third-order valence-corrected chi connectivity index (χ3v) is 3.44. The number of fused-ring (bicyclic) bond motifs is 1. The maximum Gasteiger partial charge on any atom is 0.388 e. The first-order chi connectivity index (χ1) is 11.1. The lowest BCUT2D eigenvalue weighted by Gasteiger charge is -2.22. The highest BCUT2D eigenvalue weighted by atomic mass is 19.3. The van der Waals surface area contributed by atoms with E-state index < -0.39 is 6.61 Å². The summed E-state index contributed by atoms with van der Waals surface area (Å²) >= 11 is 0. The number of ether oxygens (including phenoxy) is 2. The molecule has 5 nitrogen and oxygen atoms in total. The van der Waals surface area contributed by atoms with Gasteiger partial charge in [-0.05, 0) is 12.1 Å². The van der Waals surface area contributed by atoms with E-state index in [0.29, 0.717) is 25.3 Å². The van der Waals surface area contributed by atoms with Gasteiger partial charge in [0, 0.05) is 30.1 Å². The Hall–Kier alpha value is -2.54. The summed E-state index contributed by atoms with van der Waals surface area (Å²) in [6.07, 6.45) is 1.23. The van der Waals surface area contributed by atoms with Crippen LogP contribution in [0, 0.1) is 0 Å². The maximum absolute atomic E-state index is 12.7. The molecule has 2 aromatic rings. The number of carbonyl (C=O) groups excluding carboxylic acids is 1. The summed E-state index contributed by atoms with van der Waals surface area (Å²) in [6.45, 7) is -1.68. The summed E-state index contributed by atoms with van der Waals surface area (Å²) in [5, 5.41) is 0. The molecule has 0 atom stereocenters. The van der Waals surface area contributed by atoms with Crippen LogP contribution in [-0.2, 0) is 11.3 Å². The average molecular weight is 320 g/mol. The van der Waals surface area contributed by atoms with Crippen molar-refractivity contribution in [3.63, 3.8) is 0 Å². The number of carbonyl (C=O) groups is 1. The van der Waals surface area contributed by atoms with E-state index in [-0.39, 0.29) is 11.8 Å². The van der Waals surface area contributed by atoms with Crippen LogP contribution in [0.15, 0.2) is 42.6 Å². The molecule has 0 N–H and O–H groups in total. The van der Waals surface area contributed by atoms with Gasteiger partial charge in [0.1, 0.15) is 0 Å². The fourth-order valence-electron chi connectivity index (χ4n) is 2.39. The van der Waals surface area contributed by atoms with Gasteiger partial charge >= 0.3 is 6.61 Å². The van der Waals surface area contributed by atoms with Crippen LogP contribution in [0.4, 0.5) is 14.5 Å². The Morgan fingerprint density at radius 3 is 2.83 bits per heavy atom. The van der Waals surface area contributed by atoms with Crippen LogP contribution in [0.3, 0.4) is 0 Å². The van der Waals surface area contributed by atoms with Crippen molar-refractivity contribution >= 4 is 11.6 Å². The normalized spacial score (nSPS) is 14.3. The average Bonchev–Trinajstić information content (AvgIpc) is 2.77. The molecule has 0 saturated heterocycles. The summed E-state index contributed by atoms with van der Waals surface area (Å²) in [4.78, 5) is 18.0. The van der Waals surface area contributed by atoms with E-state index in [9.17, 15) is 13.6 Å². The number of anilines is 1. The van der Waals surface area contributed by atoms with Gasteiger partial charge in [0.2, 0.25) is 5.88 Å². The number of hydrogen-bond donors (Lipinski definition) is 0. The quantitative estimate of drug-likeness (QED) is 0.872. The third kappa shape index (κ3) is 3.45. The molecule has 1 aliphatic rings. The molecule has 0 fully saturated rings. The molecule has 2 heterocycles. The van der Waals surface area contributed by atoms with Gasteiger partial charge in [-0.3, -0.25) is 4.79 Å². The van der Waals surface area contributed by atoms with Crippen LogP contribution in [-0.4, -0.2) is 30.7 Å². The molecule has 1 aromatic carbocycles. The first-order valence-corrected chi connectivity index (χ1v) is 7.03. The van der Waals surface area contributed by atoms with Crippen molar-refractivity contribution in [3.05, 3.63) is 53.7 Å². The van der Waals surface area contributed by atoms with Gasteiger partial charge in [-0.2, -0.15) is 8.78 Å². The van der Waals surface area contributed by atoms with Crippen LogP contribution in [0.5, 0.6) is 5.88 Å². The second kappa shape index (κ2) is 6.70. The number of benzene rings is 1. The number of para-hydroxylation sites is 1. The van der Waals surface area contributed by atoms with Gasteiger partial charge in [0.25, 0.3) is 5.91 Å². The summed E-state index contributed by atoms with van der Waals surface area (Å²) in [5.74, 6) is -0.491. The topological polar surface area (TPSA) is 51.7 Å². The zero-order valence-corrected chi connectivity index (χ0v) is 12.1. The van der Waals surface area contributed by atoms with Crippen molar-refractivity contribution < 1.29 is 23.0 Å². The van der Waals surface area contributed by atoms with E-state index >= 15 is 0 Å². The van der Waals surface area contributed by atoms with Gasteiger partial charge < -0.3 is 14.4 Å². The number of rotatable bonds is 3. The zero-order valence-electron chi connectivity index (χ0n) is 12.1. The molecule has 0 spiro atoms. The monoisotopic (exact) mass is 320 g/mol. The largest absolute Gasteiger partial charge is 0.417 e. The first kappa shape index (κ1) is 15.4. The molecule has 1 amide bonds. The Morgan fingerprint density at radius 2 is 2.09 bits per heavy atom. The third-order valence-electron chi connectivity index (χ3n) is 3.44. The Balaban J connectivity index is 1.85. The van der Waals surface area contributed by atoms with Gasteiger partial charge in [0.15, 0.2) is 0 Å². The van der Waals surface area contributed by atoms with E-state index in [1.165, 1.54) is 18.3 Å². The number of alkyl halides is 2. The highest BCUT2D eigenvalue weighted by molar-refractivity contribution is 6.06. The fourth-order valence-corrected chi connectivity index (χ4v) is 2.39. The number of hydrogen-bond acceptors (Lipinski definition) is 4. The molecule has 0 saturated carbocycles. The highest BCUT2D eigenvalue weighted by Crippen LogP contribution is 2.25. The lowest BCUT2D eigenvalue weighted by molar-refractivity contribution is -0.0528. The predicted octanol–water partition coefficient (Wildman–Crippen LogP) is 2.86. The summed E-state index contributed by atoms with van der Waals surface area (Å²) < 4.78 is 33.9. The highest BCUT2D eigenvalue weighted by Gasteiger charge is 2.22. The molecule has 0 aliphatic carbocycles. The first-order valence-electron chi connectivity index (χ1n) is 7.03. The predicted molar refractivity (Wildman–Crippen MR) is 78.6 cm³/mol. The lowest BCUT2D eigenvalue weighted by atomic mass is 10.1. The Kier molecular flexibility index (Phi) is 4.47. The molecule has 1 aliphatic heterocycles. The number of pyridine rings is 1. The molecular weight excluding hydrogens is 306 g/mol. The maximum atomic E-state index is 12.7. The van der Waals surface area contributed by atoms with E-state index in [1.54, 1.807) is 4.90 Å². The Bertz CT molecular complexity index is 692. The molecule has 1 aromatic heterocycles. The zero-order chi connectivity index (χ0) is 16.2. The van der Waals surface area contributed by atoms with E-state index in [0.717, 1.165) is 11.3 Å². The minimum Gasteiger partial charge on any atom is -0.417 e. The smallest absolute Gasteiger partial charge is 0.388 e. The fraction of sp³-hybridized carbons (Fsp3) is 0.250. The van der Waals surface area contributed by atoms with Gasteiger partial charge in [-0.1, -0.05) is 18.2 Å². The van der Waals surface area contributed by atoms with E-state index in [4.69, 9.17) is 4.74 Å². The Morgan fingerprint density at radius 1 is 1.26 bits per heavy atom. The van der Waals surface area contributed by atoms with Crippen molar-refractivity contribution in [1.82, 2.24) is 4.98 Å². The second-order valence-electron chi connectivity index (χ2n) is 4.90. The molecule has 0 bridgehead atoms. The molecule has 7 heteroatoms. The number of amides is 1. The molecular formula is C16H14F2N2O3. The van der Waals surface area contributed by atoms with Crippen molar-refractivity contribution in [2.75, 3.05) is 18.1 Å². The molecule has 3 rings (SSSR count). The van der Waals surface area contributed by atoms with Crippen molar-refractivity contribution in [3.8, 4) is 5.88 Å². The van der Waals surface area contributed by atoms with Crippen LogP contribution in [0.2, 0.25) is 0 Å². The minimum atomic E-state index is -2.95. The van der Waals surface area contributed by atoms with E-state index in [2.05, 4.69) is 9.72 Å². The molecule has 23 heavy (non-hydrogen) atoms. The SMILES string of the molecule is O=C(c1ccc(OC(F)F)nc1)N1CCOCc2ccccc21. The summed E-state index contributed by atoms with van der Waals surface area (Å²) in [5.41, 5.74) is 2.00. The van der Waals surface area contributed by atoms with Crippen LogP contribution < -0.4 is 9.64 Å². The number of halogens is 2. The van der Waals surface area contributed by atoms with Crippen LogP contribution >= 0.6 is 0 Å². The Labute approximate surface area is 131 Å². The summed E-state index contributed by atoms with van der Waals surface area (Å²) in [6, 6.07) is 10.2. The minimum absolute atomic E-state index is 0.226. The number of aromatic nitrogens is 1. The standard InChI is InChI=1S/C16H14F2N2O3/c17-16(18)23-14-6-5-11(9-19-14)15(21)20-7-8-22-10-12-3-1-2-4-13(12)20/h1-6,9,16H,7-8,10H2.